The standard InChI is InChI=1S/C15H25N3O2S/c1-3-9-17-21(19,20)15-7-5-4-6-14(15)18-10-8-13(11-18)12(2)16/h4-7,12-13,17H,3,8-11,16H2,1-2H3. The third-order valence-corrected chi connectivity index (χ3v) is 5.51. The number of nitrogens with zero attached hydrogens (tertiary/aromatic N) is 1. The number of para-hydroxylation sites is 1. The second-order valence-electron chi connectivity index (χ2n) is 5.72. The first-order valence-corrected chi connectivity index (χ1v) is 9.03. The maximum absolute atomic E-state index is 12.4. The van der Waals surface area contributed by atoms with Crippen LogP contribution in [0.5, 0.6) is 0 Å². The highest BCUT2D eigenvalue weighted by Gasteiger charge is 2.29. The van der Waals surface area contributed by atoms with Gasteiger partial charge in [0.25, 0.3) is 0 Å². The molecule has 1 aromatic rings. The molecule has 2 atom stereocenters. The molecule has 0 saturated carbocycles. The van der Waals surface area contributed by atoms with Crippen LogP contribution in [0.15, 0.2) is 29.2 Å². The first-order chi connectivity index (χ1) is 9.95. The van der Waals surface area contributed by atoms with Gasteiger partial charge in [0.05, 0.1) is 5.69 Å². The average Bonchev–Trinajstić information content (AvgIpc) is 2.95. The van der Waals surface area contributed by atoms with E-state index in [9.17, 15) is 8.42 Å². The minimum Gasteiger partial charge on any atom is -0.370 e. The summed E-state index contributed by atoms with van der Waals surface area (Å²) in [7, 11) is -3.45. The molecule has 1 fully saturated rings. The minimum absolute atomic E-state index is 0.136. The van der Waals surface area contributed by atoms with E-state index in [0.717, 1.165) is 31.6 Å². The van der Waals surface area contributed by atoms with Crippen molar-refractivity contribution in [3.8, 4) is 0 Å². The normalized spacial score (nSPS) is 20.7. The van der Waals surface area contributed by atoms with Crippen molar-refractivity contribution in [2.75, 3.05) is 24.5 Å². The second kappa shape index (κ2) is 6.77. The van der Waals surface area contributed by atoms with E-state index < -0.39 is 10.0 Å². The number of benzene rings is 1. The van der Waals surface area contributed by atoms with Gasteiger partial charge in [0, 0.05) is 25.7 Å². The second-order valence-corrected chi connectivity index (χ2v) is 7.45. The van der Waals surface area contributed by atoms with Crippen LogP contribution in [-0.2, 0) is 10.0 Å². The molecule has 1 heterocycles. The Morgan fingerprint density at radius 2 is 2.14 bits per heavy atom. The SMILES string of the molecule is CCCNS(=O)(=O)c1ccccc1N1CCC(C(C)N)C1. The highest BCUT2D eigenvalue weighted by molar-refractivity contribution is 7.89. The molecular weight excluding hydrogens is 286 g/mol. The summed E-state index contributed by atoms with van der Waals surface area (Å²) in [5.41, 5.74) is 6.75. The van der Waals surface area contributed by atoms with Gasteiger partial charge >= 0.3 is 0 Å². The molecule has 21 heavy (non-hydrogen) atoms. The van der Waals surface area contributed by atoms with E-state index in [2.05, 4.69) is 9.62 Å². The Morgan fingerprint density at radius 1 is 1.43 bits per heavy atom. The first kappa shape index (κ1) is 16.3. The predicted molar refractivity (Wildman–Crippen MR) is 85.9 cm³/mol. The van der Waals surface area contributed by atoms with Crippen LogP contribution in [0.4, 0.5) is 5.69 Å². The first-order valence-electron chi connectivity index (χ1n) is 7.55. The van der Waals surface area contributed by atoms with Crippen LogP contribution in [-0.4, -0.2) is 34.1 Å². The summed E-state index contributed by atoms with van der Waals surface area (Å²) >= 11 is 0. The van der Waals surface area contributed by atoms with Gasteiger partial charge in [0.2, 0.25) is 10.0 Å². The minimum atomic E-state index is -3.45. The highest BCUT2D eigenvalue weighted by atomic mass is 32.2. The lowest BCUT2D eigenvalue weighted by Gasteiger charge is -2.23. The van der Waals surface area contributed by atoms with Crippen molar-refractivity contribution in [3.05, 3.63) is 24.3 Å². The zero-order chi connectivity index (χ0) is 15.5. The molecule has 2 unspecified atom stereocenters. The van der Waals surface area contributed by atoms with Gasteiger partial charge < -0.3 is 10.6 Å². The smallest absolute Gasteiger partial charge is 0.242 e. The van der Waals surface area contributed by atoms with Gasteiger partial charge in [-0.2, -0.15) is 0 Å². The van der Waals surface area contributed by atoms with E-state index in [4.69, 9.17) is 5.73 Å². The van der Waals surface area contributed by atoms with Crippen LogP contribution in [0.1, 0.15) is 26.7 Å². The Hall–Kier alpha value is -1.11. The van der Waals surface area contributed by atoms with Crippen LogP contribution in [0.25, 0.3) is 0 Å². The molecule has 1 aliphatic rings. The van der Waals surface area contributed by atoms with Gasteiger partial charge in [-0.05, 0) is 37.8 Å². The number of hydrogen-bond acceptors (Lipinski definition) is 4. The number of anilines is 1. The molecule has 1 aliphatic heterocycles. The number of sulfonamides is 1. The van der Waals surface area contributed by atoms with E-state index in [1.807, 2.05) is 26.0 Å². The fourth-order valence-electron chi connectivity index (χ4n) is 2.70. The van der Waals surface area contributed by atoms with Crippen molar-refractivity contribution in [3.63, 3.8) is 0 Å². The van der Waals surface area contributed by atoms with Gasteiger partial charge in [0.15, 0.2) is 0 Å². The Labute approximate surface area is 127 Å². The van der Waals surface area contributed by atoms with Crippen LogP contribution in [0.3, 0.4) is 0 Å². The molecule has 0 spiro atoms. The monoisotopic (exact) mass is 311 g/mol. The van der Waals surface area contributed by atoms with E-state index in [1.54, 1.807) is 12.1 Å². The molecule has 0 aliphatic carbocycles. The van der Waals surface area contributed by atoms with Crippen molar-refractivity contribution < 1.29 is 8.42 Å². The summed E-state index contributed by atoms with van der Waals surface area (Å²) in [5.74, 6) is 0.421. The number of nitrogens with one attached hydrogen (secondary N) is 1. The van der Waals surface area contributed by atoms with Gasteiger partial charge in [0.1, 0.15) is 4.90 Å². The topological polar surface area (TPSA) is 75.4 Å². The maximum atomic E-state index is 12.4. The zero-order valence-electron chi connectivity index (χ0n) is 12.7. The fourth-order valence-corrected chi connectivity index (χ4v) is 4.05. The molecule has 0 radical (unpaired) electrons. The summed E-state index contributed by atoms with van der Waals surface area (Å²) in [6.45, 7) is 6.09. The third-order valence-electron chi connectivity index (χ3n) is 4.01. The molecule has 118 valence electrons. The lowest BCUT2D eigenvalue weighted by Crippen LogP contribution is -2.31. The Balaban J connectivity index is 2.26. The van der Waals surface area contributed by atoms with E-state index >= 15 is 0 Å². The lowest BCUT2D eigenvalue weighted by molar-refractivity contribution is 0.488. The van der Waals surface area contributed by atoms with E-state index in [0.29, 0.717) is 17.4 Å². The van der Waals surface area contributed by atoms with Crippen LogP contribution in [0.2, 0.25) is 0 Å². The fraction of sp³-hybridized carbons (Fsp3) is 0.600. The van der Waals surface area contributed by atoms with Crippen molar-refractivity contribution in [2.24, 2.45) is 11.7 Å². The molecule has 1 saturated heterocycles. The molecule has 3 N–H and O–H groups in total. The number of hydrogen-bond donors (Lipinski definition) is 2. The highest BCUT2D eigenvalue weighted by Crippen LogP contribution is 2.30. The Morgan fingerprint density at radius 3 is 2.76 bits per heavy atom. The van der Waals surface area contributed by atoms with Gasteiger partial charge in [-0.1, -0.05) is 19.1 Å². The predicted octanol–water partition coefficient (Wildman–Crippen LogP) is 1.55. The molecular formula is C15H25N3O2S. The van der Waals surface area contributed by atoms with Crippen LogP contribution in [0, 0.1) is 5.92 Å². The van der Waals surface area contributed by atoms with Crippen molar-refractivity contribution in [1.82, 2.24) is 4.72 Å². The summed E-state index contributed by atoms with van der Waals surface area (Å²) < 4.78 is 27.5. The van der Waals surface area contributed by atoms with Gasteiger partial charge in [-0.15, -0.1) is 0 Å². The Kier molecular flexibility index (Phi) is 5.24. The van der Waals surface area contributed by atoms with Crippen LogP contribution >= 0.6 is 0 Å². The molecule has 1 aromatic carbocycles. The van der Waals surface area contributed by atoms with E-state index in [1.165, 1.54) is 0 Å². The number of rotatable bonds is 6. The van der Waals surface area contributed by atoms with Gasteiger partial charge in [-0.3, -0.25) is 0 Å². The number of nitrogens with two attached hydrogens (primary N) is 1. The van der Waals surface area contributed by atoms with Crippen molar-refractivity contribution in [1.29, 1.82) is 0 Å². The molecule has 0 amide bonds. The Bertz CT molecular complexity index is 572. The summed E-state index contributed by atoms with van der Waals surface area (Å²) in [4.78, 5) is 2.50. The van der Waals surface area contributed by atoms with Crippen molar-refractivity contribution in [2.45, 2.75) is 37.6 Å². The third kappa shape index (κ3) is 3.75. The average molecular weight is 311 g/mol. The summed E-state index contributed by atoms with van der Waals surface area (Å²) in [6, 6.07) is 7.34. The molecule has 6 heteroatoms. The molecule has 0 aromatic heterocycles. The quantitative estimate of drug-likeness (QED) is 0.836. The van der Waals surface area contributed by atoms with Crippen molar-refractivity contribution >= 4 is 15.7 Å². The maximum Gasteiger partial charge on any atom is 0.242 e. The summed E-state index contributed by atoms with van der Waals surface area (Å²) in [5, 5.41) is 0. The van der Waals surface area contributed by atoms with E-state index in [-0.39, 0.29) is 6.04 Å². The van der Waals surface area contributed by atoms with Gasteiger partial charge in [-0.25, -0.2) is 13.1 Å². The summed E-state index contributed by atoms with van der Waals surface area (Å²) in [6.07, 6.45) is 1.78. The molecule has 2 rings (SSSR count). The lowest BCUT2D eigenvalue weighted by atomic mass is 10.0. The largest absolute Gasteiger partial charge is 0.370 e. The molecule has 0 bridgehead atoms. The zero-order valence-corrected chi connectivity index (χ0v) is 13.6. The van der Waals surface area contributed by atoms with Crippen LogP contribution < -0.4 is 15.4 Å². The molecule has 5 nitrogen and oxygen atoms in total.